The standard InChI is InChI=1S/C12H17N3O2.ClH/c13-6-8-2-1-3-10(8)15-12(17)9-4-5-11(16)14-7-9;/h4-5,7-8,10H,1-3,6,13H2,(H,14,16)(H,15,17);1H. The zero-order valence-electron chi connectivity index (χ0n) is 10.0. The van der Waals surface area contributed by atoms with Gasteiger partial charge < -0.3 is 16.0 Å². The quantitative estimate of drug-likeness (QED) is 0.754. The van der Waals surface area contributed by atoms with Gasteiger partial charge in [0.1, 0.15) is 0 Å². The lowest BCUT2D eigenvalue weighted by atomic mass is 10.0. The van der Waals surface area contributed by atoms with Gasteiger partial charge in [-0.1, -0.05) is 6.42 Å². The predicted molar refractivity (Wildman–Crippen MR) is 72.0 cm³/mol. The molecular weight excluding hydrogens is 254 g/mol. The number of pyridine rings is 1. The topological polar surface area (TPSA) is 88.0 Å². The van der Waals surface area contributed by atoms with Crippen molar-refractivity contribution in [2.75, 3.05) is 6.54 Å². The van der Waals surface area contributed by atoms with Gasteiger partial charge in [-0.15, -0.1) is 12.4 Å². The lowest BCUT2D eigenvalue weighted by molar-refractivity contribution is 0.0928. The van der Waals surface area contributed by atoms with Crippen LogP contribution in [0.5, 0.6) is 0 Å². The van der Waals surface area contributed by atoms with Crippen LogP contribution in [-0.4, -0.2) is 23.5 Å². The van der Waals surface area contributed by atoms with Crippen molar-refractivity contribution in [1.29, 1.82) is 0 Å². The molecule has 2 atom stereocenters. The Morgan fingerprint density at radius 2 is 2.22 bits per heavy atom. The van der Waals surface area contributed by atoms with E-state index in [-0.39, 0.29) is 29.9 Å². The summed E-state index contributed by atoms with van der Waals surface area (Å²) < 4.78 is 0. The van der Waals surface area contributed by atoms with Crippen molar-refractivity contribution in [2.45, 2.75) is 25.3 Å². The molecule has 1 fully saturated rings. The number of carbonyl (C=O) groups is 1. The molecule has 0 aromatic carbocycles. The first kappa shape index (κ1) is 14.7. The van der Waals surface area contributed by atoms with Gasteiger partial charge in [-0.2, -0.15) is 0 Å². The maximum Gasteiger partial charge on any atom is 0.252 e. The number of carbonyl (C=O) groups excluding carboxylic acids is 1. The fourth-order valence-corrected chi connectivity index (χ4v) is 2.31. The third-order valence-electron chi connectivity index (χ3n) is 3.32. The van der Waals surface area contributed by atoms with Crippen molar-refractivity contribution >= 4 is 18.3 Å². The molecule has 1 aliphatic rings. The first-order valence-corrected chi connectivity index (χ1v) is 5.90. The van der Waals surface area contributed by atoms with Gasteiger partial charge in [0.15, 0.2) is 0 Å². The summed E-state index contributed by atoms with van der Waals surface area (Å²) in [6.07, 6.45) is 4.60. The Hall–Kier alpha value is -1.33. The van der Waals surface area contributed by atoms with Crippen LogP contribution in [0.2, 0.25) is 0 Å². The summed E-state index contributed by atoms with van der Waals surface area (Å²) in [5.74, 6) is 0.230. The lowest BCUT2D eigenvalue weighted by Crippen LogP contribution is -2.40. The third kappa shape index (κ3) is 3.34. The van der Waals surface area contributed by atoms with E-state index >= 15 is 0 Å². The highest BCUT2D eigenvalue weighted by Gasteiger charge is 2.27. The SMILES string of the molecule is Cl.NCC1CCCC1NC(=O)c1ccc(=O)[nH]c1. The minimum absolute atomic E-state index is 0. The monoisotopic (exact) mass is 271 g/mol. The summed E-state index contributed by atoms with van der Waals surface area (Å²) in [6, 6.07) is 3.05. The maximum atomic E-state index is 11.9. The summed E-state index contributed by atoms with van der Waals surface area (Å²) in [5.41, 5.74) is 5.93. The average Bonchev–Trinajstić information content (AvgIpc) is 2.77. The van der Waals surface area contributed by atoms with Gasteiger partial charge >= 0.3 is 0 Å². The second-order valence-corrected chi connectivity index (χ2v) is 4.45. The normalized spacial score (nSPS) is 22.3. The molecule has 1 amide bonds. The van der Waals surface area contributed by atoms with Crippen molar-refractivity contribution in [3.05, 3.63) is 34.2 Å². The highest BCUT2D eigenvalue weighted by molar-refractivity contribution is 5.94. The molecule has 1 saturated carbocycles. The minimum atomic E-state index is -0.206. The van der Waals surface area contributed by atoms with E-state index in [0.29, 0.717) is 18.0 Å². The number of aromatic nitrogens is 1. The second kappa shape index (κ2) is 6.56. The first-order chi connectivity index (χ1) is 8.20. The number of rotatable bonds is 3. The molecule has 0 aliphatic heterocycles. The summed E-state index contributed by atoms with van der Waals surface area (Å²) in [7, 11) is 0. The molecule has 5 nitrogen and oxygen atoms in total. The number of halogens is 1. The van der Waals surface area contributed by atoms with Crippen LogP contribution in [0.25, 0.3) is 0 Å². The Bertz CT molecular complexity index is 440. The molecule has 18 heavy (non-hydrogen) atoms. The third-order valence-corrected chi connectivity index (χ3v) is 3.32. The van der Waals surface area contributed by atoms with Crippen LogP contribution in [0, 0.1) is 5.92 Å². The number of hydrogen-bond acceptors (Lipinski definition) is 3. The van der Waals surface area contributed by atoms with E-state index in [4.69, 9.17) is 5.73 Å². The van der Waals surface area contributed by atoms with Crippen LogP contribution in [0.3, 0.4) is 0 Å². The number of H-pyrrole nitrogens is 1. The molecule has 1 aromatic rings. The van der Waals surface area contributed by atoms with E-state index in [9.17, 15) is 9.59 Å². The highest BCUT2D eigenvalue weighted by atomic mass is 35.5. The van der Waals surface area contributed by atoms with E-state index in [1.807, 2.05) is 0 Å². The summed E-state index contributed by atoms with van der Waals surface area (Å²) in [4.78, 5) is 25.3. The fourth-order valence-electron chi connectivity index (χ4n) is 2.31. The lowest BCUT2D eigenvalue weighted by Gasteiger charge is -2.19. The van der Waals surface area contributed by atoms with Crippen molar-refractivity contribution in [1.82, 2.24) is 10.3 Å². The van der Waals surface area contributed by atoms with Gasteiger partial charge in [-0.25, -0.2) is 0 Å². The molecule has 2 rings (SSSR count). The van der Waals surface area contributed by atoms with Gasteiger partial charge in [0.05, 0.1) is 5.56 Å². The molecule has 1 heterocycles. The number of amides is 1. The Labute approximate surface area is 112 Å². The van der Waals surface area contributed by atoms with Crippen LogP contribution < -0.4 is 16.6 Å². The molecule has 2 unspecified atom stereocenters. The summed E-state index contributed by atoms with van der Waals surface area (Å²) >= 11 is 0. The Balaban J connectivity index is 0.00000162. The zero-order chi connectivity index (χ0) is 12.3. The van der Waals surface area contributed by atoms with Crippen molar-refractivity contribution in [2.24, 2.45) is 11.7 Å². The van der Waals surface area contributed by atoms with E-state index in [1.165, 1.54) is 18.3 Å². The van der Waals surface area contributed by atoms with Crippen molar-refractivity contribution in [3.63, 3.8) is 0 Å². The Morgan fingerprint density at radius 1 is 1.44 bits per heavy atom. The number of nitrogens with one attached hydrogen (secondary N) is 2. The highest BCUT2D eigenvalue weighted by Crippen LogP contribution is 2.24. The van der Waals surface area contributed by atoms with Crippen LogP contribution in [0.15, 0.2) is 23.1 Å². The van der Waals surface area contributed by atoms with E-state index in [1.54, 1.807) is 0 Å². The summed E-state index contributed by atoms with van der Waals surface area (Å²) in [6.45, 7) is 0.608. The average molecular weight is 272 g/mol. The molecule has 0 saturated heterocycles. The predicted octanol–water partition coefficient (Wildman–Crippen LogP) is 0.654. The van der Waals surface area contributed by atoms with Gasteiger partial charge in [-0.3, -0.25) is 9.59 Å². The molecule has 0 radical (unpaired) electrons. The molecule has 0 spiro atoms. The second-order valence-electron chi connectivity index (χ2n) is 4.45. The van der Waals surface area contributed by atoms with Crippen molar-refractivity contribution in [3.8, 4) is 0 Å². The Kier molecular flexibility index (Phi) is 5.37. The first-order valence-electron chi connectivity index (χ1n) is 5.90. The molecule has 0 bridgehead atoms. The molecule has 4 N–H and O–H groups in total. The van der Waals surface area contributed by atoms with Gasteiger partial charge in [-0.05, 0) is 31.4 Å². The fraction of sp³-hybridized carbons (Fsp3) is 0.500. The van der Waals surface area contributed by atoms with Crippen LogP contribution in [-0.2, 0) is 0 Å². The minimum Gasteiger partial charge on any atom is -0.349 e. The van der Waals surface area contributed by atoms with Gasteiger partial charge in [0.25, 0.3) is 5.91 Å². The number of hydrogen-bond donors (Lipinski definition) is 3. The zero-order valence-corrected chi connectivity index (χ0v) is 10.8. The number of nitrogens with two attached hydrogens (primary N) is 1. The molecule has 6 heteroatoms. The molecule has 1 aromatic heterocycles. The van der Waals surface area contributed by atoms with E-state index < -0.39 is 0 Å². The molecule has 100 valence electrons. The maximum absolute atomic E-state index is 11.9. The van der Waals surface area contributed by atoms with Crippen LogP contribution in [0.4, 0.5) is 0 Å². The largest absolute Gasteiger partial charge is 0.349 e. The van der Waals surface area contributed by atoms with Gasteiger partial charge in [0.2, 0.25) is 5.56 Å². The van der Waals surface area contributed by atoms with Crippen LogP contribution >= 0.6 is 12.4 Å². The molecular formula is C12H18ClN3O2. The van der Waals surface area contributed by atoms with E-state index in [2.05, 4.69) is 10.3 Å². The Morgan fingerprint density at radius 3 is 2.83 bits per heavy atom. The van der Waals surface area contributed by atoms with E-state index in [0.717, 1.165) is 19.3 Å². The summed E-state index contributed by atoms with van der Waals surface area (Å²) in [5, 5.41) is 2.97. The smallest absolute Gasteiger partial charge is 0.252 e. The van der Waals surface area contributed by atoms with Crippen LogP contribution in [0.1, 0.15) is 29.6 Å². The van der Waals surface area contributed by atoms with Gasteiger partial charge in [0, 0.05) is 18.3 Å². The number of aromatic amines is 1. The molecule has 1 aliphatic carbocycles. The van der Waals surface area contributed by atoms with Crippen molar-refractivity contribution < 1.29 is 4.79 Å².